The van der Waals surface area contributed by atoms with Crippen LogP contribution >= 0.6 is 0 Å². The molecule has 0 aliphatic heterocycles. The first-order chi connectivity index (χ1) is 8.30. The molecule has 0 aliphatic carbocycles. The summed E-state index contributed by atoms with van der Waals surface area (Å²) in [6.07, 6.45) is 1.62. The fraction of sp³-hybridized carbons (Fsp3) is 0.250. The fourth-order valence-corrected chi connectivity index (χ4v) is 1.62. The quantitative estimate of drug-likeness (QED) is 0.873. The van der Waals surface area contributed by atoms with Crippen LogP contribution in [0.4, 0.5) is 0 Å². The van der Waals surface area contributed by atoms with Crippen LogP contribution in [0.1, 0.15) is 5.56 Å². The molecule has 1 aromatic carbocycles. The van der Waals surface area contributed by atoms with Crippen molar-refractivity contribution in [2.45, 2.75) is 6.54 Å². The lowest BCUT2D eigenvalue weighted by atomic mass is 10.1. The van der Waals surface area contributed by atoms with E-state index in [0.29, 0.717) is 23.8 Å². The summed E-state index contributed by atoms with van der Waals surface area (Å²) in [5.74, 6) is 1.97. The van der Waals surface area contributed by atoms with Gasteiger partial charge in [0.15, 0.2) is 17.3 Å². The van der Waals surface area contributed by atoms with Crippen molar-refractivity contribution >= 4 is 0 Å². The number of aromatic nitrogens is 1. The molecule has 17 heavy (non-hydrogen) atoms. The van der Waals surface area contributed by atoms with Crippen molar-refractivity contribution < 1.29 is 14.0 Å². The Morgan fingerprint density at radius 2 is 2.00 bits per heavy atom. The van der Waals surface area contributed by atoms with E-state index in [-0.39, 0.29) is 0 Å². The summed E-state index contributed by atoms with van der Waals surface area (Å²) in [7, 11) is 3.18. The molecule has 5 nitrogen and oxygen atoms in total. The minimum Gasteiger partial charge on any atom is -0.493 e. The highest BCUT2D eigenvalue weighted by molar-refractivity contribution is 5.65. The molecule has 0 saturated carbocycles. The number of hydrogen-bond acceptors (Lipinski definition) is 5. The van der Waals surface area contributed by atoms with E-state index in [4.69, 9.17) is 19.7 Å². The van der Waals surface area contributed by atoms with Gasteiger partial charge in [0.25, 0.3) is 0 Å². The maximum absolute atomic E-state index is 5.60. The molecule has 2 aromatic rings. The monoisotopic (exact) mass is 234 g/mol. The zero-order valence-corrected chi connectivity index (χ0v) is 9.77. The first-order valence-electron chi connectivity index (χ1n) is 5.16. The molecule has 1 heterocycles. The lowest BCUT2D eigenvalue weighted by Crippen LogP contribution is -1.96. The molecular weight excluding hydrogens is 220 g/mol. The van der Waals surface area contributed by atoms with Gasteiger partial charge in [-0.2, -0.15) is 0 Å². The van der Waals surface area contributed by atoms with Gasteiger partial charge >= 0.3 is 0 Å². The SMILES string of the molecule is COc1ccc(-c2oncc2CN)cc1OC. The Balaban J connectivity index is 2.46. The lowest BCUT2D eigenvalue weighted by Gasteiger charge is -2.08. The summed E-state index contributed by atoms with van der Waals surface area (Å²) in [6.45, 7) is 0.382. The summed E-state index contributed by atoms with van der Waals surface area (Å²) in [4.78, 5) is 0. The maximum Gasteiger partial charge on any atom is 0.171 e. The molecule has 0 radical (unpaired) electrons. The van der Waals surface area contributed by atoms with Crippen molar-refractivity contribution in [3.05, 3.63) is 30.0 Å². The van der Waals surface area contributed by atoms with Crippen molar-refractivity contribution in [2.75, 3.05) is 14.2 Å². The highest BCUT2D eigenvalue weighted by Crippen LogP contribution is 2.33. The first-order valence-corrected chi connectivity index (χ1v) is 5.16. The number of methoxy groups -OCH3 is 2. The Morgan fingerprint density at radius 1 is 1.24 bits per heavy atom. The summed E-state index contributed by atoms with van der Waals surface area (Å²) >= 11 is 0. The zero-order valence-electron chi connectivity index (χ0n) is 9.77. The van der Waals surface area contributed by atoms with Crippen molar-refractivity contribution in [1.29, 1.82) is 0 Å². The Kier molecular flexibility index (Phi) is 3.30. The Bertz CT molecular complexity index is 508. The van der Waals surface area contributed by atoms with Crippen LogP contribution in [0.25, 0.3) is 11.3 Å². The van der Waals surface area contributed by atoms with Gasteiger partial charge in [0.05, 0.1) is 20.4 Å². The van der Waals surface area contributed by atoms with Crippen LogP contribution in [0.15, 0.2) is 28.9 Å². The van der Waals surface area contributed by atoms with E-state index in [0.717, 1.165) is 11.1 Å². The molecule has 2 rings (SSSR count). The van der Waals surface area contributed by atoms with Crippen molar-refractivity contribution in [1.82, 2.24) is 5.16 Å². The normalized spacial score (nSPS) is 10.3. The molecule has 0 atom stereocenters. The molecule has 0 fully saturated rings. The van der Waals surface area contributed by atoms with Gasteiger partial charge < -0.3 is 19.7 Å². The van der Waals surface area contributed by atoms with Gasteiger partial charge in [-0.25, -0.2) is 0 Å². The molecule has 0 aliphatic rings. The Morgan fingerprint density at radius 3 is 2.65 bits per heavy atom. The van der Waals surface area contributed by atoms with Crippen molar-refractivity contribution in [2.24, 2.45) is 5.73 Å². The highest BCUT2D eigenvalue weighted by atomic mass is 16.5. The average molecular weight is 234 g/mol. The molecule has 2 N–H and O–H groups in total. The van der Waals surface area contributed by atoms with Gasteiger partial charge in [-0.3, -0.25) is 0 Å². The largest absolute Gasteiger partial charge is 0.493 e. The van der Waals surface area contributed by atoms with Crippen LogP contribution < -0.4 is 15.2 Å². The van der Waals surface area contributed by atoms with E-state index in [2.05, 4.69) is 5.16 Å². The van der Waals surface area contributed by atoms with E-state index in [9.17, 15) is 0 Å². The number of hydrogen-bond donors (Lipinski definition) is 1. The topological polar surface area (TPSA) is 70.5 Å². The van der Waals surface area contributed by atoms with E-state index < -0.39 is 0 Å². The predicted molar refractivity (Wildman–Crippen MR) is 62.9 cm³/mol. The number of rotatable bonds is 4. The van der Waals surface area contributed by atoms with E-state index >= 15 is 0 Å². The third-order valence-electron chi connectivity index (χ3n) is 2.51. The fourth-order valence-electron chi connectivity index (χ4n) is 1.62. The van der Waals surface area contributed by atoms with Crippen molar-refractivity contribution in [3.63, 3.8) is 0 Å². The molecular formula is C12H14N2O3. The third kappa shape index (κ3) is 2.09. The molecule has 0 amide bonds. The third-order valence-corrected chi connectivity index (χ3v) is 2.51. The van der Waals surface area contributed by atoms with Gasteiger partial charge in [-0.05, 0) is 18.2 Å². The Labute approximate surface area is 99.1 Å². The molecule has 0 spiro atoms. The molecule has 5 heteroatoms. The zero-order chi connectivity index (χ0) is 12.3. The summed E-state index contributed by atoms with van der Waals surface area (Å²) in [5.41, 5.74) is 7.32. The predicted octanol–water partition coefficient (Wildman–Crippen LogP) is 1.82. The van der Waals surface area contributed by atoms with Gasteiger partial charge in [-0.1, -0.05) is 5.16 Å². The Hall–Kier alpha value is -2.01. The highest BCUT2D eigenvalue weighted by Gasteiger charge is 2.12. The molecule has 0 bridgehead atoms. The van der Waals surface area contributed by atoms with Crippen LogP contribution in [-0.2, 0) is 6.54 Å². The minimum absolute atomic E-state index is 0.382. The summed E-state index contributed by atoms with van der Waals surface area (Å²) < 4.78 is 15.6. The lowest BCUT2D eigenvalue weighted by molar-refractivity contribution is 0.355. The van der Waals surface area contributed by atoms with E-state index in [1.165, 1.54) is 0 Å². The molecule has 1 aromatic heterocycles. The van der Waals surface area contributed by atoms with Gasteiger partial charge in [0.2, 0.25) is 0 Å². The van der Waals surface area contributed by atoms with Crippen LogP contribution in [0, 0.1) is 0 Å². The average Bonchev–Trinajstić information content (AvgIpc) is 2.86. The van der Waals surface area contributed by atoms with Crippen LogP contribution in [0.3, 0.4) is 0 Å². The number of nitrogens with two attached hydrogens (primary N) is 1. The maximum atomic E-state index is 5.60. The second kappa shape index (κ2) is 4.88. The smallest absolute Gasteiger partial charge is 0.171 e. The van der Waals surface area contributed by atoms with Crippen molar-refractivity contribution in [3.8, 4) is 22.8 Å². The molecule has 90 valence electrons. The molecule has 0 unspecified atom stereocenters. The number of ether oxygens (including phenoxy) is 2. The standard InChI is InChI=1S/C12H14N2O3/c1-15-10-4-3-8(5-11(10)16-2)12-9(6-13)7-14-17-12/h3-5,7H,6,13H2,1-2H3. The van der Waals surface area contributed by atoms with E-state index in [1.54, 1.807) is 20.4 Å². The molecule has 0 saturated heterocycles. The first kappa shape index (κ1) is 11.5. The van der Waals surface area contributed by atoms with E-state index in [1.807, 2.05) is 18.2 Å². The van der Waals surface area contributed by atoms with Gasteiger partial charge in [-0.15, -0.1) is 0 Å². The van der Waals surface area contributed by atoms with Crippen LogP contribution in [0.2, 0.25) is 0 Å². The summed E-state index contributed by atoms with van der Waals surface area (Å²) in [5, 5.41) is 3.74. The van der Waals surface area contributed by atoms with Crippen LogP contribution in [-0.4, -0.2) is 19.4 Å². The minimum atomic E-state index is 0.382. The number of benzene rings is 1. The number of nitrogens with zero attached hydrogens (tertiary/aromatic N) is 1. The van der Waals surface area contributed by atoms with Crippen LogP contribution in [0.5, 0.6) is 11.5 Å². The summed E-state index contributed by atoms with van der Waals surface area (Å²) in [6, 6.07) is 5.52. The van der Waals surface area contributed by atoms with Gasteiger partial charge in [0.1, 0.15) is 0 Å². The second-order valence-electron chi connectivity index (χ2n) is 3.45. The second-order valence-corrected chi connectivity index (χ2v) is 3.45. The van der Waals surface area contributed by atoms with Gasteiger partial charge in [0, 0.05) is 17.7 Å².